The van der Waals surface area contributed by atoms with Gasteiger partial charge in [-0.25, -0.2) is 4.31 Å². The van der Waals surface area contributed by atoms with Crippen molar-refractivity contribution in [3.63, 3.8) is 0 Å². The van der Waals surface area contributed by atoms with Gasteiger partial charge in [0.2, 0.25) is 0 Å². The first-order chi connectivity index (χ1) is 7.58. The summed E-state index contributed by atoms with van der Waals surface area (Å²) in [7, 11) is 0. The molecule has 2 nitrogen and oxygen atoms in total. The number of pyridine rings is 1. The van der Waals surface area contributed by atoms with Gasteiger partial charge in [-0.15, -0.1) is 0 Å². The molecule has 0 saturated carbocycles. The van der Waals surface area contributed by atoms with Crippen molar-refractivity contribution in [2.24, 2.45) is 0 Å². The van der Waals surface area contributed by atoms with E-state index in [9.17, 15) is 0 Å². The van der Waals surface area contributed by atoms with Gasteiger partial charge in [0, 0.05) is 30.1 Å². The van der Waals surface area contributed by atoms with Crippen molar-refractivity contribution in [1.82, 2.24) is 9.29 Å². The summed E-state index contributed by atoms with van der Waals surface area (Å²) < 4.78 is 2.44. The number of aromatic nitrogens is 1. The Morgan fingerprint density at radius 2 is 2.06 bits per heavy atom. The Hall–Kier alpha value is -0.540. The third-order valence-electron chi connectivity index (χ3n) is 2.98. The maximum atomic E-state index is 4.59. The zero-order valence-corrected chi connectivity index (χ0v) is 11.3. The van der Waals surface area contributed by atoms with Crippen LogP contribution in [0.2, 0.25) is 0 Å². The smallest absolute Gasteiger partial charge is 0.0565 e. The van der Waals surface area contributed by atoms with Crippen LogP contribution in [0.3, 0.4) is 0 Å². The van der Waals surface area contributed by atoms with E-state index in [0.717, 1.165) is 13.0 Å². The lowest BCUT2D eigenvalue weighted by Crippen LogP contribution is -2.29. The van der Waals surface area contributed by atoms with Gasteiger partial charge in [-0.2, -0.15) is 0 Å². The first kappa shape index (κ1) is 11.9. The summed E-state index contributed by atoms with van der Waals surface area (Å²) in [6, 6.07) is 2.91. The van der Waals surface area contributed by atoms with Gasteiger partial charge in [0.25, 0.3) is 0 Å². The zero-order valence-electron chi connectivity index (χ0n) is 10.5. The Kier molecular flexibility index (Phi) is 3.55. The Morgan fingerprint density at radius 1 is 1.31 bits per heavy atom. The molecule has 1 aliphatic rings. The van der Waals surface area contributed by atoms with E-state index >= 15 is 0 Å². The SMILES string of the molecule is CC(C)c1cnc2c(c1)SN(C(C)C)CC2. The van der Waals surface area contributed by atoms with Crippen molar-refractivity contribution < 1.29 is 0 Å². The summed E-state index contributed by atoms with van der Waals surface area (Å²) in [6.07, 6.45) is 3.12. The average molecular weight is 236 g/mol. The van der Waals surface area contributed by atoms with Crippen molar-refractivity contribution in [2.75, 3.05) is 6.54 Å². The van der Waals surface area contributed by atoms with E-state index in [1.165, 1.54) is 16.2 Å². The molecule has 0 spiro atoms. The first-order valence-electron chi connectivity index (χ1n) is 6.01. The number of nitrogens with zero attached hydrogens (tertiary/aromatic N) is 2. The van der Waals surface area contributed by atoms with Crippen molar-refractivity contribution in [2.45, 2.75) is 51.0 Å². The predicted octanol–water partition coefficient (Wildman–Crippen LogP) is 3.48. The third-order valence-corrected chi connectivity index (χ3v) is 4.37. The second-order valence-corrected chi connectivity index (χ2v) is 6.04. The standard InChI is InChI=1S/C13H20N2S/c1-9(2)11-7-13-12(14-8-11)5-6-15(16-13)10(3)4/h7-10H,5-6H2,1-4H3. The highest BCUT2D eigenvalue weighted by Crippen LogP contribution is 2.33. The Balaban J connectivity index is 2.25. The summed E-state index contributed by atoms with van der Waals surface area (Å²) in [4.78, 5) is 5.94. The molecule has 16 heavy (non-hydrogen) atoms. The van der Waals surface area contributed by atoms with Gasteiger partial charge in [0.1, 0.15) is 0 Å². The van der Waals surface area contributed by atoms with E-state index in [0.29, 0.717) is 12.0 Å². The molecule has 2 rings (SSSR count). The fraction of sp³-hybridized carbons (Fsp3) is 0.615. The fourth-order valence-corrected chi connectivity index (χ4v) is 2.92. The molecular formula is C13H20N2S. The van der Waals surface area contributed by atoms with E-state index in [2.05, 4.69) is 43.1 Å². The van der Waals surface area contributed by atoms with E-state index in [1.54, 1.807) is 0 Å². The molecule has 0 radical (unpaired) electrons. The molecule has 0 atom stereocenters. The normalized spacial score (nSPS) is 16.9. The molecule has 0 bridgehead atoms. The van der Waals surface area contributed by atoms with Crippen LogP contribution in [0, 0.1) is 0 Å². The molecule has 2 heterocycles. The quantitative estimate of drug-likeness (QED) is 0.731. The van der Waals surface area contributed by atoms with Crippen molar-refractivity contribution in [3.8, 4) is 0 Å². The Labute approximate surface area is 103 Å². The minimum absolute atomic E-state index is 0.563. The van der Waals surface area contributed by atoms with Crippen LogP contribution in [0.1, 0.15) is 44.9 Å². The number of hydrogen-bond acceptors (Lipinski definition) is 3. The maximum absolute atomic E-state index is 4.59. The van der Waals surface area contributed by atoms with Crippen LogP contribution >= 0.6 is 11.9 Å². The summed E-state index contributed by atoms with van der Waals surface area (Å²) >= 11 is 1.87. The molecule has 0 amide bonds. The zero-order chi connectivity index (χ0) is 11.7. The van der Waals surface area contributed by atoms with E-state index < -0.39 is 0 Å². The second kappa shape index (κ2) is 4.76. The lowest BCUT2D eigenvalue weighted by molar-refractivity contribution is 0.389. The largest absolute Gasteiger partial charge is 0.260 e. The molecule has 88 valence electrons. The van der Waals surface area contributed by atoms with Crippen LogP contribution < -0.4 is 0 Å². The molecule has 1 aromatic rings. The molecule has 0 N–H and O–H groups in total. The number of fused-ring (bicyclic) bond motifs is 1. The summed E-state index contributed by atoms with van der Waals surface area (Å²) in [5.41, 5.74) is 2.61. The summed E-state index contributed by atoms with van der Waals surface area (Å²) in [5.74, 6) is 0.563. The minimum Gasteiger partial charge on any atom is -0.260 e. The number of hydrogen-bond donors (Lipinski definition) is 0. The molecule has 0 aromatic carbocycles. The van der Waals surface area contributed by atoms with Gasteiger partial charge in [-0.3, -0.25) is 4.98 Å². The highest BCUT2D eigenvalue weighted by molar-refractivity contribution is 7.97. The average Bonchev–Trinajstić information content (AvgIpc) is 2.27. The van der Waals surface area contributed by atoms with Crippen LogP contribution in [-0.2, 0) is 6.42 Å². The molecular weight excluding hydrogens is 216 g/mol. The topological polar surface area (TPSA) is 16.1 Å². The monoisotopic (exact) mass is 236 g/mol. The highest BCUT2D eigenvalue weighted by atomic mass is 32.2. The van der Waals surface area contributed by atoms with Gasteiger partial charge < -0.3 is 0 Å². The fourth-order valence-electron chi connectivity index (χ4n) is 1.82. The van der Waals surface area contributed by atoms with Crippen molar-refractivity contribution >= 4 is 11.9 Å². The van der Waals surface area contributed by atoms with Gasteiger partial charge in [0.05, 0.1) is 5.69 Å². The lowest BCUT2D eigenvalue weighted by atomic mass is 10.1. The third kappa shape index (κ3) is 2.41. The molecule has 0 aliphatic carbocycles. The second-order valence-electron chi connectivity index (χ2n) is 4.94. The van der Waals surface area contributed by atoms with E-state index in [4.69, 9.17) is 0 Å². The van der Waals surface area contributed by atoms with Crippen molar-refractivity contribution in [1.29, 1.82) is 0 Å². The molecule has 3 heteroatoms. The molecule has 1 aliphatic heterocycles. The van der Waals surface area contributed by atoms with Crippen molar-refractivity contribution in [3.05, 3.63) is 23.5 Å². The minimum atomic E-state index is 0.563. The van der Waals surface area contributed by atoms with Gasteiger partial charge >= 0.3 is 0 Å². The summed E-state index contributed by atoms with van der Waals surface area (Å²) in [6.45, 7) is 10.0. The van der Waals surface area contributed by atoms with Crippen LogP contribution in [0.4, 0.5) is 0 Å². The highest BCUT2D eigenvalue weighted by Gasteiger charge is 2.20. The number of rotatable bonds is 2. The van der Waals surface area contributed by atoms with Gasteiger partial charge in [0.15, 0.2) is 0 Å². The van der Waals surface area contributed by atoms with Crippen LogP contribution in [0.25, 0.3) is 0 Å². The van der Waals surface area contributed by atoms with Crippen LogP contribution in [0.5, 0.6) is 0 Å². The predicted molar refractivity (Wildman–Crippen MR) is 69.7 cm³/mol. The maximum Gasteiger partial charge on any atom is 0.0565 e. The lowest BCUT2D eigenvalue weighted by Gasteiger charge is -2.30. The van der Waals surface area contributed by atoms with Gasteiger partial charge in [-0.1, -0.05) is 13.8 Å². The molecule has 1 aromatic heterocycles. The van der Waals surface area contributed by atoms with E-state index in [1.807, 2.05) is 18.1 Å². The Morgan fingerprint density at radius 3 is 2.69 bits per heavy atom. The molecule has 0 fully saturated rings. The van der Waals surface area contributed by atoms with Gasteiger partial charge in [-0.05, 0) is 43.3 Å². The van der Waals surface area contributed by atoms with Crippen LogP contribution in [-0.4, -0.2) is 21.9 Å². The molecule has 0 unspecified atom stereocenters. The van der Waals surface area contributed by atoms with Crippen LogP contribution in [0.15, 0.2) is 17.2 Å². The molecule has 0 saturated heterocycles. The summed E-state index contributed by atoms with van der Waals surface area (Å²) in [5, 5.41) is 0. The van der Waals surface area contributed by atoms with E-state index in [-0.39, 0.29) is 0 Å². The Bertz CT molecular complexity index is 374. The first-order valence-corrected chi connectivity index (χ1v) is 6.78.